The van der Waals surface area contributed by atoms with Crippen LogP contribution in [0.5, 0.6) is 11.5 Å². The fourth-order valence-corrected chi connectivity index (χ4v) is 3.35. The van der Waals surface area contributed by atoms with E-state index in [1.54, 1.807) is 30.3 Å². The number of esters is 1. The molecule has 0 aliphatic carbocycles. The molecule has 0 saturated carbocycles. The molecule has 0 spiro atoms. The highest BCUT2D eigenvalue weighted by Crippen LogP contribution is 2.38. The SMILES string of the molecule is Cc1ccc(OC(=O)c2ccc3c(NC(=O)OCC(C)C)ccc(Br)c3c2O)cc1. The molecule has 0 unspecified atom stereocenters. The molecule has 3 rings (SSSR count). The lowest BCUT2D eigenvalue weighted by Gasteiger charge is -2.14. The van der Waals surface area contributed by atoms with Crippen LogP contribution in [0.25, 0.3) is 10.8 Å². The van der Waals surface area contributed by atoms with Crippen molar-refractivity contribution in [2.24, 2.45) is 5.92 Å². The molecule has 0 radical (unpaired) electrons. The van der Waals surface area contributed by atoms with Gasteiger partial charge >= 0.3 is 12.1 Å². The first-order valence-electron chi connectivity index (χ1n) is 9.43. The van der Waals surface area contributed by atoms with E-state index in [1.165, 1.54) is 6.07 Å². The van der Waals surface area contributed by atoms with Gasteiger partial charge in [0.25, 0.3) is 0 Å². The van der Waals surface area contributed by atoms with E-state index < -0.39 is 12.1 Å². The van der Waals surface area contributed by atoms with Gasteiger partial charge in [-0.2, -0.15) is 0 Å². The number of nitrogens with one attached hydrogen (secondary N) is 1. The summed E-state index contributed by atoms with van der Waals surface area (Å²) in [4.78, 5) is 24.7. The van der Waals surface area contributed by atoms with Gasteiger partial charge in [-0.05, 0) is 43.2 Å². The summed E-state index contributed by atoms with van der Waals surface area (Å²) in [5, 5.41) is 14.4. The second-order valence-electron chi connectivity index (χ2n) is 7.30. The molecule has 2 N–H and O–H groups in total. The number of aryl methyl sites for hydroxylation is 1. The lowest BCUT2D eigenvalue weighted by atomic mass is 10.0. The molecule has 0 fully saturated rings. The molecule has 0 heterocycles. The van der Waals surface area contributed by atoms with Crippen LogP contribution in [0.3, 0.4) is 0 Å². The van der Waals surface area contributed by atoms with Crippen LogP contribution in [0.1, 0.15) is 29.8 Å². The number of amides is 1. The molecule has 3 aromatic carbocycles. The Morgan fingerprint density at radius 2 is 1.77 bits per heavy atom. The van der Waals surface area contributed by atoms with Crippen LogP contribution < -0.4 is 10.1 Å². The smallest absolute Gasteiger partial charge is 0.411 e. The van der Waals surface area contributed by atoms with E-state index in [0.29, 0.717) is 33.3 Å². The molecule has 0 bridgehead atoms. The third-order valence-corrected chi connectivity index (χ3v) is 5.00. The van der Waals surface area contributed by atoms with E-state index in [-0.39, 0.29) is 17.2 Å². The molecule has 0 aromatic heterocycles. The highest BCUT2D eigenvalue weighted by molar-refractivity contribution is 9.10. The molecular weight excluding hydrogens is 450 g/mol. The average Bonchev–Trinajstić information content (AvgIpc) is 2.70. The molecule has 1 amide bonds. The maximum Gasteiger partial charge on any atom is 0.411 e. The number of carbonyl (C=O) groups excluding carboxylic acids is 2. The Bertz CT molecular complexity index is 1090. The molecular formula is C23H22BrNO5. The zero-order chi connectivity index (χ0) is 21.8. The lowest BCUT2D eigenvalue weighted by molar-refractivity contribution is 0.0732. The van der Waals surface area contributed by atoms with Gasteiger partial charge in [0.05, 0.1) is 12.3 Å². The third kappa shape index (κ3) is 4.91. The van der Waals surface area contributed by atoms with Gasteiger partial charge in [0.2, 0.25) is 0 Å². The number of fused-ring (bicyclic) bond motifs is 1. The van der Waals surface area contributed by atoms with Gasteiger partial charge in [-0.3, -0.25) is 5.32 Å². The van der Waals surface area contributed by atoms with Crippen LogP contribution in [0.2, 0.25) is 0 Å². The predicted octanol–water partition coefficient (Wildman–Crippen LogP) is 6.04. The van der Waals surface area contributed by atoms with E-state index in [9.17, 15) is 14.7 Å². The number of anilines is 1. The minimum absolute atomic E-state index is 0.0170. The lowest BCUT2D eigenvalue weighted by Crippen LogP contribution is -2.16. The molecule has 6 nitrogen and oxygen atoms in total. The highest BCUT2D eigenvalue weighted by atomic mass is 79.9. The van der Waals surface area contributed by atoms with Crippen molar-refractivity contribution in [2.75, 3.05) is 11.9 Å². The van der Waals surface area contributed by atoms with Crippen LogP contribution in [0, 0.1) is 12.8 Å². The summed E-state index contributed by atoms with van der Waals surface area (Å²) in [7, 11) is 0. The van der Waals surface area contributed by atoms with Crippen molar-refractivity contribution in [3.63, 3.8) is 0 Å². The van der Waals surface area contributed by atoms with Gasteiger partial charge in [-0.1, -0.05) is 53.5 Å². The van der Waals surface area contributed by atoms with E-state index in [4.69, 9.17) is 9.47 Å². The van der Waals surface area contributed by atoms with Crippen molar-refractivity contribution < 1.29 is 24.2 Å². The number of halogens is 1. The number of aromatic hydroxyl groups is 1. The number of ether oxygens (including phenoxy) is 2. The van der Waals surface area contributed by atoms with Crippen LogP contribution in [-0.2, 0) is 4.74 Å². The van der Waals surface area contributed by atoms with Crippen LogP contribution in [-0.4, -0.2) is 23.8 Å². The van der Waals surface area contributed by atoms with Gasteiger partial charge in [0.15, 0.2) is 0 Å². The first kappa shape index (κ1) is 21.6. The van der Waals surface area contributed by atoms with Crippen LogP contribution >= 0.6 is 15.9 Å². The number of carbonyl (C=O) groups is 2. The number of hydrogen-bond acceptors (Lipinski definition) is 5. The van der Waals surface area contributed by atoms with E-state index in [1.807, 2.05) is 32.9 Å². The Hall–Kier alpha value is -3.06. The molecule has 0 atom stereocenters. The van der Waals surface area contributed by atoms with Crippen molar-refractivity contribution in [3.8, 4) is 11.5 Å². The number of rotatable bonds is 5. The van der Waals surface area contributed by atoms with Gasteiger partial charge in [-0.25, -0.2) is 9.59 Å². The fourth-order valence-electron chi connectivity index (χ4n) is 2.82. The normalized spacial score (nSPS) is 10.8. The highest BCUT2D eigenvalue weighted by Gasteiger charge is 2.20. The number of hydrogen-bond donors (Lipinski definition) is 2. The van der Waals surface area contributed by atoms with Gasteiger partial charge in [-0.15, -0.1) is 0 Å². The minimum Gasteiger partial charge on any atom is -0.506 e. The van der Waals surface area contributed by atoms with E-state index >= 15 is 0 Å². The van der Waals surface area contributed by atoms with E-state index in [0.717, 1.165) is 5.56 Å². The van der Waals surface area contributed by atoms with E-state index in [2.05, 4.69) is 21.2 Å². The second kappa shape index (κ2) is 9.17. The van der Waals surface area contributed by atoms with Crippen molar-refractivity contribution in [1.82, 2.24) is 0 Å². The Labute approximate surface area is 182 Å². The standard InChI is InChI=1S/C23H22BrNO5/c1-13(2)12-29-23(28)25-19-11-10-18(24)20-16(19)8-9-17(21(20)26)22(27)30-15-6-4-14(3)5-7-15/h4-11,13,26H,12H2,1-3H3,(H,25,28). The third-order valence-electron chi connectivity index (χ3n) is 4.34. The molecule has 0 aliphatic rings. The molecule has 0 saturated heterocycles. The molecule has 30 heavy (non-hydrogen) atoms. The summed E-state index contributed by atoms with van der Waals surface area (Å²) in [6, 6.07) is 13.5. The zero-order valence-electron chi connectivity index (χ0n) is 16.9. The maximum absolute atomic E-state index is 12.6. The summed E-state index contributed by atoms with van der Waals surface area (Å²) in [6.45, 7) is 6.11. The fraction of sp³-hybridized carbons (Fsp3) is 0.217. The van der Waals surface area contributed by atoms with Gasteiger partial charge < -0.3 is 14.6 Å². The van der Waals surface area contributed by atoms with Crippen molar-refractivity contribution >= 4 is 44.5 Å². The van der Waals surface area contributed by atoms with Crippen molar-refractivity contribution in [3.05, 3.63) is 64.1 Å². The Morgan fingerprint density at radius 1 is 1.07 bits per heavy atom. The molecule has 3 aromatic rings. The Morgan fingerprint density at radius 3 is 2.43 bits per heavy atom. The predicted molar refractivity (Wildman–Crippen MR) is 119 cm³/mol. The van der Waals surface area contributed by atoms with Crippen molar-refractivity contribution in [2.45, 2.75) is 20.8 Å². The number of phenolic OH excluding ortho intramolecular Hbond substituents is 1. The summed E-state index contributed by atoms with van der Waals surface area (Å²) in [6.07, 6.45) is -0.588. The maximum atomic E-state index is 12.6. The first-order chi connectivity index (χ1) is 14.3. The minimum atomic E-state index is -0.681. The molecule has 156 valence electrons. The average molecular weight is 472 g/mol. The number of benzene rings is 3. The Kier molecular flexibility index (Phi) is 6.62. The summed E-state index contributed by atoms with van der Waals surface area (Å²) in [5.74, 6) is -0.327. The van der Waals surface area contributed by atoms with Crippen LogP contribution in [0.15, 0.2) is 53.0 Å². The molecule has 0 aliphatic heterocycles. The second-order valence-corrected chi connectivity index (χ2v) is 8.15. The monoisotopic (exact) mass is 471 g/mol. The zero-order valence-corrected chi connectivity index (χ0v) is 18.4. The summed E-state index contributed by atoms with van der Waals surface area (Å²) >= 11 is 3.40. The van der Waals surface area contributed by atoms with Gasteiger partial charge in [0, 0.05) is 15.2 Å². The van der Waals surface area contributed by atoms with Crippen LogP contribution in [0.4, 0.5) is 10.5 Å². The van der Waals surface area contributed by atoms with Gasteiger partial charge in [0.1, 0.15) is 17.1 Å². The van der Waals surface area contributed by atoms with Crippen molar-refractivity contribution in [1.29, 1.82) is 0 Å². The summed E-state index contributed by atoms with van der Waals surface area (Å²) < 4.78 is 11.1. The first-order valence-corrected chi connectivity index (χ1v) is 10.2. The summed E-state index contributed by atoms with van der Waals surface area (Å²) in [5.41, 5.74) is 1.51. The quantitative estimate of drug-likeness (QED) is 0.349. The molecule has 7 heteroatoms. The Balaban J connectivity index is 1.91. The largest absolute Gasteiger partial charge is 0.506 e. The number of phenols is 1. The topological polar surface area (TPSA) is 84.9 Å².